The summed E-state index contributed by atoms with van der Waals surface area (Å²) >= 11 is 0. The van der Waals surface area contributed by atoms with Crippen LogP contribution in [0.15, 0.2) is 0 Å². The van der Waals surface area contributed by atoms with Gasteiger partial charge in [-0.2, -0.15) is 0 Å². The molecule has 5 rings (SSSR count). The molecule has 0 aromatic carbocycles. The molecule has 0 amide bonds. The van der Waals surface area contributed by atoms with Gasteiger partial charge in [0.15, 0.2) is 0 Å². The molecule has 0 N–H and O–H groups in total. The average Bonchev–Trinajstić information content (AvgIpc) is 3.13. The van der Waals surface area contributed by atoms with E-state index in [4.69, 9.17) is 0 Å². The predicted octanol–water partition coefficient (Wildman–Crippen LogP) is 11.1. The van der Waals surface area contributed by atoms with Crippen molar-refractivity contribution in [2.75, 3.05) is 0 Å². The van der Waals surface area contributed by atoms with E-state index in [0.717, 1.165) is 35.5 Å². The molecule has 5 aliphatic carbocycles. The lowest BCUT2D eigenvalue weighted by molar-refractivity contribution is -0.241. The summed E-state index contributed by atoms with van der Waals surface area (Å²) in [5, 5.41) is 0. The van der Waals surface area contributed by atoms with Crippen LogP contribution in [0.4, 0.5) is 0 Å². The first-order valence-electron chi connectivity index (χ1n) is 16.4. The van der Waals surface area contributed by atoms with E-state index >= 15 is 0 Å². The average molecular weight is 483 g/mol. The molecule has 0 bridgehead atoms. The van der Waals surface area contributed by atoms with Crippen molar-refractivity contribution in [3.63, 3.8) is 0 Å². The van der Waals surface area contributed by atoms with Crippen LogP contribution in [0.3, 0.4) is 0 Å². The zero-order valence-corrected chi connectivity index (χ0v) is 25.3. The van der Waals surface area contributed by atoms with E-state index in [0.29, 0.717) is 27.1 Å². The minimum absolute atomic E-state index is 0.557. The summed E-state index contributed by atoms with van der Waals surface area (Å²) in [6, 6.07) is 0. The van der Waals surface area contributed by atoms with Crippen LogP contribution in [-0.2, 0) is 0 Å². The Labute approximate surface area is 220 Å². The summed E-state index contributed by atoms with van der Waals surface area (Å²) in [5.74, 6) is 5.88. The van der Waals surface area contributed by atoms with E-state index in [9.17, 15) is 0 Å². The zero-order valence-electron chi connectivity index (χ0n) is 25.3. The summed E-state index contributed by atoms with van der Waals surface area (Å²) in [4.78, 5) is 0. The highest BCUT2D eigenvalue weighted by molar-refractivity contribution is 5.19. The van der Waals surface area contributed by atoms with Crippen LogP contribution in [0.25, 0.3) is 0 Å². The topological polar surface area (TPSA) is 0 Å². The SMILES string of the molecule is CCCCCCC(C)C1CCC2(C)C1CCC1(C)C2CCC2C3(C)CCCC(C)(C)C3CCC21C. The van der Waals surface area contributed by atoms with Crippen LogP contribution in [0.2, 0.25) is 0 Å². The van der Waals surface area contributed by atoms with E-state index < -0.39 is 0 Å². The lowest BCUT2D eigenvalue weighted by atomic mass is 9.32. The van der Waals surface area contributed by atoms with Crippen molar-refractivity contribution in [1.82, 2.24) is 0 Å². The Morgan fingerprint density at radius 3 is 1.97 bits per heavy atom. The first-order chi connectivity index (χ1) is 16.4. The second-order valence-electron chi connectivity index (χ2n) is 16.6. The van der Waals surface area contributed by atoms with Gasteiger partial charge in [-0.05, 0) is 127 Å². The normalized spacial score (nSPS) is 51.6. The lowest BCUT2D eigenvalue weighted by Crippen LogP contribution is -2.65. The van der Waals surface area contributed by atoms with Crippen LogP contribution >= 0.6 is 0 Å². The highest BCUT2D eigenvalue weighted by atomic mass is 14.7. The predicted molar refractivity (Wildman–Crippen MR) is 152 cm³/mol. The van der Waals surface area contributed by atoms with Gasteiger partial charge in [-0.1, -0.05) is 93.9 Å². The Morgan fingerprint density at radius 1 is 0.629 bits per heavy atom. The van der Waals surface area contributed by atoms with Crippen molar-refractivity contribution in [3.05, 3.63) is 0 Å². The number of hydrogen-bond donors (Lipinski definition) is 0. The second kappa shape index (κ2) is 9.04. The van der Waals surface area contributed by atoms with Gasteiger partial charge in [-0.3, -0.25) is 0 Å². The minimum Gasteiger partial charge on any atom is -0.0654 e. The van der Waals surface area contributed by atoms with Crippen LogP contribution in [0.1, 0.15) is 158 Å². The van der Waals surface area contributed by atoms with Crippen molar-refractivity contribution in [1.29, 1.82) is 0 Å². The smallest absolute Gasteiger partial charge is 0.0235 e. The van der Waals surface area contributed by atoms with Gasteiger partial charge in [0, 0.05) is 0 Å². The Bertz CT molecular complexity index is 764. The molecule has 35 heavy (non-hydrogen) atoms. The molecule has 0 heterocycles. The minimum atomic E-state index is 0.557. The van der Waals surface area contributed by atoms with E-state index in [1.165, 1.54) is 83.5 Å². The third-order valence-electron chi connectivity index (χ3n) is 15.0. The quantitative estimate of drug-likeness (QED) is 0.330. The third-order valence-corrected chi connectivity index (χ3v) is 15.0. The molecular formula is C35H62. The van der Waals surface area contributed by atoms with Crippen LogP contribution < -0.4 is 0 Å². The zero-order chi connectivity index (χ0) is 25.3. The largest absolute Gasteiger partial charge is 0.0654 e. The Morgan fingerprint density at radius 2 is 1.29 bits per heavy atom. The van der Waals surface area contributed by atoms with Gasteiger partial charge in [0.25, 0.3) is 0 Å². The molecule has 0 saturated heterocycles. The molecule has 0 spiro atoms. The molecule has 10 atom stereocenters. The summed E-state index contributed by atoms with van der Waals surface area (Å²) in [5.41, 5.74) is 2.89. The van der Waals surface area contributed by atoms with E-state index in [1.807, 2.05) is 0 Å². The summed E-state index contributed by atoms with van der Waals surface area (Å²) in [6.45, 7) is 21.5. The van der Waals surface area contributed by atoms with Gasteiger partial charge in [-0.25, -0.2) is 0 Å². The standard InChI is InChI=1S/C35H62/c1-9-10-11-12-14-25(2)26-17-22-32(5)27(26)18-23-34(7)29(32)15-16-30-33(6)21-13-20-31(3,4)28(33)19-24-35(30,34)8/h25-30H,9-24H2,1-8H3. The van der Waals surface area contributed by atoms with E-state index in [1.54, 1.807) is 19.3 Å². The number of hydrogen-bond acceptors (Lipinski definition) is 0. The maximum atomic E-state index is 2.84. The van der Waals surface area contributed by atoms with Crippen molar-refractivity contribution in [2.45, 2.75) is 158 Å². The Kier molecular flexibility index (Phi) is 6.87. The number of fused-ring (bicyclic) bond motifs is 7. The first kappa shape index (κ1) is 26.6. The molecule has 0 aliphatic heterocycles. The Hall–Kier alpha value is 0. The first-order valence-corrected chi connectivity index (χ1v) is 16.4. The van der Waals surface area contributed by atoms with E-state index in [-0.39, 0.29) is 0 Å². The van der Waals surface area contributed by atoms with Gasteiger partial charge in [0.2, 0.25) is 0 Å². The third kappa shape index (κ3) is 3.78. The highest BCUT2D eigenvalue weighted by Gasteiger charge is 2.70. The summed E-state index contributed by atoms with van der Waals surface area (Å²) in [6.07, 6.45) is 24.0. The van der Waals surface area contributed by atoms with Crippen molar-refractivity contribution in [2.24, 2.45) is 62.6 Å². The fraction of sp³-hybridized carbons (Fsp3) is 1.00. The van der Waals surface area contributed by atoms with Crippen LogP contribution in [0.5, 0.6) is 0 Å². The maximum absolute atomic E-state index is 2.84. The van der Waals surface area contributed by atoms with Crippen molar-refractivity contribution < 1.29 is 0 Å². The molecule has 0 nitrogen and oxygen atoms in total. The molecule has 0 aromatic rings. The molecular weight excluding hydrogens is 420 g/mol. The highest BCUT2D eigenvalue weighted by Crippen LogP contribution is 2.78. The molecule has 0 radical (unpaired) electrons. The van der Waals surface area contributed by atoms with Gasteiger partial charge in [-0.15, -0.1) is 0 Å². The maximum Gasteiger partial charge on any atom is -0.0235 e. The monoisotopic (exact) mass is 482 g/mol. The molecule has 10 unspecified atom stereocenters. The molecule has 5 fully saturated rings. The van der Waals surface area contributed by atoms with Gasteiger partial charge in [0.05, 0.1) is 0 Å². The Balaban J connectivity index is 1.38. The molecule has 5 saturated carbocycles. The molecule has 5 aliphatic rings. The van der Waals surface area contributed by atoms with Crippen LogP contribution in [-0.4, -0.2) is 0 Å². The van der Waals surface area contributed by atoms with Gasteiger partial charge < -0.3 is 0 Å². The van der Waals surface area contributed by atoms with Crippen LogP contribution in [0, 0.1) is 62.6 Å². The summed E-state index contributed by atoms with van der Waals surface area (Å²) in [7, 11) is 0. The van der Waals surface area contributed by atoms with Crippen molar-refractivity contribution in [3.8, 4) is 0 Å². The van der Waals surface area contributed by atoms with Crippen molar-refractivity contribution >= 4 is 0 Å². The van der Waals surface area contributed by atoms with Gasteiger partial charge >= 0.3 is 0 Å². The molecule has 0 heteroatoms. The lowest BCUT2D eigenvalue weighted by Gasteiger charge is -2.73. The van der Waals surface area contributed by atoms with E-state index in [2.05, 4.69) is 55.4 Å². The second-order valence-corrected chi connectivity index (χ2v) is 16.6. The number of unbranched alkanes of at least 4 members (excludes halogenated alkanes) is 3. The molecule has 0 aromatic heterocycles. The van der Waals surface area contributed by atoms with Gasteiger partial charge in [0.1, 0.15) is 0 Å². The fourth-order valence-electron chi connectivity index (χ4n) is 13.1. The molecule has 202 valence electrons. The summed E-state index contributed by atoms with van der Waals surface area (Å²) < 4.78 is 0. The number of rotatable bonds is 6. The fourth-order valence-corrected chi connectivity index (χ4v) is 13.1.